The van der Waals surface area contributed by atoms with Crippen LogP contribution in [-0.2, 0) is 0 Å². The quantitative estimate of drug-likeness (QED) is 0.675. The predicted molar refractivity (Wildman–Crippen MR) is 81.3 cm³/mol. The van der Waals surface area contributed by atoms with Gasteiger partial charge in [-0.3, -0.25) is 0 Å². The van der Waals surface area contributed by atoms with Gasteiger partial charge in [0, 0.05) is 43.4 Å². The fourth-order valence-corrected chi connectivity index (χ4v) is 2.52. The lowest BCUT2D eigenvalue weighted by Crippen LogP contribution is -2.44. The summed E-state index contributed by atoms with van der Waals surface area (Å²) in [5.41, 5.74) is 0.196. The van der Waals surface area contributed by atoms with Crippen molar-refractivity contribution in [2.45, 2.75) is 6.42 Å². The number of piperazine rings is 1. The predicted octanol–water partition coefficient (Wildman–Crippen LogP) is 1.25. The Kier molecular flexibility index (Phi) is 5.75. The molecule has 6 nitrogen and oxygen atoms in total. The Labute approximate surface area is 126 Å². The molecule has 20 heavy (non-hydrogen) atoms. The van der Waals surface area contributed by atoms with Gasteiger partial charge in [-0.1, -0.05) is 0 Å². The van der Waals surface area contributed by atoms with E-state index in [1.807, 2.05) is 0 Å². The number of nitrogens with zero attached hydrogens (tertiary/aromatic N) is 2. The van der Waals surface area contributed by atoms with Crippen LogP contribution in [0.15, 0.2) is 16.7 Å². The summed E-state index contributed by atoms with van der Waals surface area (Å²) in [6.07, 6.45) is 2.57. The van der Waals surface area contributed by atoms with Crippen molar-refractivity contribution >= 4 is 27.7 Å². The summed E-state index contributed by atoms with van der Waals surface area (Å²) in [5.74, 6) is -0.538. The van der Waals surface area contributed by atoms with E-state index in [1.165, 1.54) is 0 Å². The van der Waals surface area contributed by atoms with E-state index in [0.29, 0.717) is 10.3 Å². The minimum absolute atomic E-state index is 0.196. The Balaban J connectivity index is 1.80. The Morgan fingerprint density at radius 3 is 2.95 bits per heavy atom. The maximum Gasteiger partial charge on any atom is 0.339 e. The Morgan fingerprint density at radius 1 is 1.50 bits per heavy atom. The van der Waals surface area contributed by atoms with Crippen LogP contribution in [0.3, 0.4) is 0 Å². The van der Waals surface area contributed by atoms with Crippen molar-refractivity contribution in [1.29, 1.82) is 0 Å². The van der Waals surface area contributed by atoms with E-state index in [0.717, 1.165) is 45.7 Å². The van der Waals surface area contributed by atoms with Gasteiger partial charge in [-0.05, 0) is 35.0 Å². The van der Waals surface area contributed by atoms with Crippen LogP contribution < -0.4 is 10.6 Å². The highest BCUT2D eigenvalue weighted by molar-refractivity contribution is 9.10. The number of pyridine rings is 1. The first kappa shape index (κ1) is 15.2. The molecule has 0 aliphatic carbocycles. The number of carbonyl (C=O) groups is 1. The fourth-order valence-electron chi connectivity index (χ4n) is 2.19. The molecule has 1 aliphatic rings. The standard InChI is InChI=1S/C13H19BrN4O2/c14-10-8-11(13(19)20)12(17-9-10)16-2-1-5-18-6-3-15-4-7-18/h8-9,15H,1-7H2,(H,16,17)(H,19,20). The van der Waals surface area contributed by atoms with Gasteiger partial charge in [0.05, 0.1) is 0 Å². The molecule has 0 spiro atoms. The number of carboxylic acid groups (broad SMARTS) is 1. The van der Waals surface area contributed by atoms with Crippen LogP contribution in [0.4, 0.5) is 5.82 Å². The van der Waals surface area contributed by atoms with Crippen LogP contribution in [0.1, 0.15) is 16.8 Å². The van der Waals surface area contributed by atoms with Gasteiger partial charge in [-0.2, -0.15) is 0 Å². The molecule has 0 radical (unpaired) electrons. The molecule has 7 heteroatoms. The molecular formula is C13H19BrN4O2. The third-order valence-electron chi connectivity index (χ3n) is 3.24. The van der Waals surface area contributed by atoms with E-state index in [-0.39, 0.29) is 5.56 Å². The van der Waals surface area contributed by atoms with Crippen molar-refractivity contribution in [3.05, 3.63) is 22.3 Å². The highest BCUT2D eigenvalue weighted by atomic mass is 79.9. The molecule has 0 saturated carbocycles. The van der Waals surface area contributed by atoms with Gasteiger partial charge < -0.3 is 20.6 Å². The average Bonchev–Trinajstić information content (AvgIpc) is 2.45. The van der Waals surface area contributed by atoms with Crippen LogP contribution in [0.25, 0.3) is 0 Å². The molecule has 1 aromatic rings. The van der Waals surface area contributed by atoms with E-state index in [2.05, 4.69) is 36.4 Å². The van der Waals surface area contributed by atoms with E-state index in [1.54, 1.807) is 12.3 Å². The lowest BCUT2D eigenvalue weighted by Gasteiger charge is -2.27. The van der Waals surface area contributed by atoms with Gasteiger partial charge in [-0.25, -0.2) is 9.78 Å². The number of hydrogen-bond acceptors (Lipinski definition) is 5. The Hall–Kier alpha value is -1.18. The van der Waals surface area contributed by atoms with Crippen molar-refractivity contribution < 1.29 is 9.90 Å². The zero-order valence-corrected chi connectivity index (χ0v) is 12.8. The smallest absolute Gasteiger partial charge is 0.339 e. The number of hydrogen-bond donors (Lipinski definition) is 3. The number of aromatic carboxylic acids is 1. The average molecular weight is 343 g/mol. The molecule has 1 aliphatic heterocycles. The van der Waals surface area contributed by atoms with Crippen LogP contribution >= 0.6 is 15.9 Å². The molecule has 2 rings (SSSR count). The van der Waals surface area contributed by atoms with Crippen LogP contribution in [-0.4, -0.2) is 60.2 Å². The van der Waals surface area contributed by atoms with Crippen LogP contribution in [0, 0.1) is 0 Å². The fraction of sp³-hybridized carbons (Fsp3) is 0.538. The summed E-state index contributed by atoms with van der Waals surface area (Å²) >= 11 is 3.23. The number of carboxylic acids is 1. The molecule has 0 amide bonds. The second-order valence-electron chi connectivity index (χ2n) is 4.73. The number of nitrogens with one attached hydrogen (secondary N) is 2. The molecule has 0 bridgehead atoms. The molecule has 1 aromatic heterocycles. The minimum atomic E-state index is -0.969. The first-order valence-corrected chi connectivity index (χ1v) is 7.52. The van der Waals surface area contributed by atoms with E-state index in [4.69, 9.17) is 5.11 Å². The lowest BCUT2D eigenvalue weighted by molar-refractivity contribution is 0.0697. The summed E-state index contributed by atoms with van der Waals surface area (Å²) in [5, 5.41) is 15.6. The lowest BCUT2D eigenvalue weighted by atomic mass is 10.2. The van der Waals surface area contributed by atoms with Gasteiger partial charge in [0.1, 0.15) is 11.4 Å². The Bertz CT molecular complexity index is 464. The number of aromatic nitrogens is 1. The van der Waals surface area contributed by atoms with Gasteiger partial charge in [0.25, 0.3) is 0 Å². The molecule has 0 atom stereocenters. The van der Waals surface area contributed by atoms with Gasteiger partial charge in [-0.15, -0.1) is 0 Å². The summed E-state index contributed by atoms with van der Waals surface area (Å²) < 4.78 is 0.668. The normalized spacial score (nSPS) is 16.1. The molecule has 1 saturated heterocycles. The van der Waals surface area contributed by atoms with Crippen molar-refractivity contribution in [1.82, 2.24) is 15.2 Å². The SMILES string of the molecule is O=C(O)c1cc(Br)cnc1NCCCN1CCNCC1. The van der Waals surface area contributed by atoms with E-state index >= 15 is 0 Å². The van der Waals surface area contributed by atoms with Crippen LogP contribution in [0.5, 0.6) is 0 Å². The highest BCUT2D eigenvalue weighted by Crippen LogP contribution is 2.17. The zero-order valence-electron chi connectivity index (χ0n) is 11.2. The van der Waals surface area contributed by atoms with Crippen LogP contribution in [0.2, 0.25) is 0 Å². The maximum absolute atomic E-state index is 11.1. The van der Waals surface area contributed by atoms with Crippen molar-refractivity contribution in [3.8, 4) is 0 Å². The molecule has 2 heterocycles. The largest absolute Gasteiger partial charge is 0.478 e. The van der Waals surface area contributed by atoms with E-state index in [9.17, 15) is 4.79 Å². The molecular weight excluding hydrogens is 324 g/mol. The second kappa shape index (κ2) is 7.56. The van der Waals surface area contributed by atoms with Crippen molar-refractivity contribution in [3.63, 3.8) is 0 Å². The van der Waals surface area contributed by atoms with E-state index < -0.39 is 5.97 Å². The Morgan fingerprint density at radius 2 is 2.25 bits per heavy atom. The van der Waals surface area contributed by atoms with Gasteiger partial charge >= 0.3 is 5.97 Å². The van der Waals surface area contributed by atoms with Gasteiger partial charge in [0.15, 0.2) is 0 Å². The molecule has 0 unspecified atom stereocenters. The van der Waals surface area contributed by atoms with Crippen molar-refractivity contribution in [2.75, 3.05) is 44.6 Å². The molecule has 0 aromatic carbocycles. The minimum Gasteiger partial charge on any atom is -0.478 e. The van der Waals surface area contributed by atoms with Gasteiger partial charge in [0.2, 0.25) is 0 Å². The summed E-state index contributed by atoms with van der Waals surface area (Å²) in [6, 6.07) is 1.56. The summed E-state index contributed by atoms with van der Waals surface area (Å²) in [4.78, 5) is 17.7. The molecule has 3 N–H and O–H groups in total. The third kappa shape index (κ3) is 4.43. The number of rotatable bonds is 6. The number of halogens is 1. The monoisotopic (exact) mass is 342 g/mol. The summed E-state index contributed by atoms with van der Waals surface area (Å²) in [6.45, 7) is 6.00. The molecule has 110 valence electrons. The first-order chi connectivity index (χ1) is 9.66. The highest BCUT2D eigenvalue weighted by Gasteiger charge is 2.12. The van der Waals surface area contributed by atoms with Crippen molar-refractivity contribution in [2.24, 2.45) is 0 Å². The molecule has 1 fully saturated rings. The maximum atomic E-state index is 11.1. The summed E-state index contributed by atoms with van der Waals surface area (Å²) in [7, 11) is 0. The topological polar surface area (TPSA) is 77.5 Å². The zero-order chi connectivity index (χ0) is 14.4. The first-order valence-electron chi connectivity index (χ1n) is 6.72. The third-order valence-corrected chi connectivity index (χ3v) is 3.67. The number of anilines is 1. The second-order valence-corrected chi connectivity index (χ2v) is 5.64.